The van der Waals surface area contributed by atoms with E-state index in [4.69, 9.17) is 5.11 Å². The van der Waals surface area contributed by atoms with Crippen molar-refractivity contribution in [2.75, 3.05) is 49.5 Å². The molecule has 1 aliphatic heterocycles. The third-order valence-electron chi connectivity index (χ3n) is 4.65. The summed E-state index contributed by atoms with van der Waals surface area (Å²) >= 11 is 0. The average Bonchev–Trinajstić information content (AvgIpc) is 2.68. The molecule has 27 heavy (non-hydrogen) atoms. The molecular weight excluding hydrogens is 348 g/mol. The van der Waals surface area contributed by atoms with Crippen LogP contribution in [0.5, 0.6) is 0 Å². The van der Waals surface area contributed by atoms with Gasteiger partial charge in [0.05, 0.1) is 11.5 Å². The Hall–Kier alpha value is -2.78. The summed E-state index contributed by atoms with van der Waals surface area (Å²) in [6, 6.07) is 7.97. The van der Waals surface area contributed by atoms with Crippen molar-refractivity contribution in [2.24, 2.45) is 0 Å². The number of nitrogens with one attached hydrogen (secondary N) is 1. The van der Waals surface area contributed by atoms with E-state index in [2.05, 4.69) is 20.2 Å². The van der Waals surface area contributed by atoms with Crippen molar-refractivity contribution in [3.63, 3.8) is 0 Å². The summed E-state index contributed by atoms with van der Waals surface area (Å²) in [6.07, 6.45) is 1.36. The van der Waals surface area contributed by atoms with Gasteiger partial charge < -0.3 is 15.3 Å². The molecular formula is C18H24N6O3. The highest BCUT2D eigenvalue weighted by Gasteiger charge is 2.29. The number of anilines is 2. The first-order valence-electron chi connectivity index (χ1n) is 8.95. The van der Waals surface area contributed by atoms with E-state index in [1.54, 1.807) is 0 Å². The van der Waals surface area contributed by atoms with E-state index in [1.807, 2.05) is 36.1 Å². The monoisotopic (exact) mass is 372 g/mol. The average molecular weight is 372 g/mol. The number of aryl methyl sites for hydroxylation is 1. The van der Waals surface area contributed by atoms with Crippen LogP contribution >= 0.6 is 0 Å². The molecule has 9 nitrogen and oxygen atoms in total. The first-order chi connectivity index (χ1) is 13.1. The SMILES string of the molecule is Cc1ccc(CNc2ncnc(N3CCN(CCO)CC3)c2[N+](=O)[O-])cc1. The van der Waals surface area contributed by atoms with Gasteiger partial charge in [-0.05, 0) is 12.5 Å². The number of hydrogen-bond acceptors (Lipinski definition) is 8. The van der Waals surface area contributed by atoms with E-state index < -0.39 is 4.92 Å². The van der Waals surface area contributed by atoms with Crippen LogP contribution in [0.2, 0.25) is 0 Å². The topological polar surface area (TPSA) is 108 Å². The van der Waals surface area contributed by atoms with Gasteiger partial charge in [-0.1, -0.05) is 29.8 Å². The van der Waals surface area contributed by atoms with Crippen LogP contribution in [0.1, 0.15) is 11.1 Å². The highest BCUT2D eigenvalue weighted by atomic mass is 16.6. The summed E-state index contributed by atoms with van der Waals surface area (Å²) in [5.74, 6) is 0.563. The third kappa shape index (κ3) is 4.69. The molecule has 0 atom stereocenters. The molecule has 1 aromatic carbocycles. The number of benzene rings is 1. The molecule has 1 fully saturated rings. The van der Waals surface area contributed by atoms with E-state index in [9.17, 15) is 10.1 Å². The van der Waals surface area contributed by atoms with Crippen molar-refractivity contribution in [1.29, 1.82) is 0 Å². The number of aliphatic hydroxyl groups excluding tert-OH is 1. The number of piperazine rings is 1. The van der Waals surface area contributed by atoms with Crippen LogP contribution < -0.4 is 10.2 Å². The molecule has 0 bridgehead atoms. The lowest BCUT2D eigenvalue weighted by Crippen LogP contribution is -2.47. The molecule has 0 spiro atoms. The summed E-state index contributed by atoms with van der Waals surface area (Å²) in [6.45, 7) is 5.89. The van der Waals surface area contributed by atoms with Gasteiger partial charge in [-0.2, -0.15) is 0 Å². The van der Waals surface area contributed by atoms with Crippen molar-refractivity contribution in [1.82, 2.24) is 14.9 Å². The molecule has 0 unspecified atom stereocenters. The van der Waals surface area contributed by atoms with Gasteiger partial charge in [-0.25, -0.2) is 9.97 Å². The third-order valence-corrected chi connectivity index (χ3v) is 4.65. The highest BCUT2D eigenvalue weighted by molar-refractivity contribution is 5.70. The summed E-state index contributed by atoms with van der Waals surface area (Å²) in [5.41, 5.74) is 2.09. The smallest absolute Gasteiger partial charge is 0.353 e. The van der Waals surface area contributed by atoms with Crippen molar-refractivity contribution < 1.29 is 10.0 Å². The number of nitro groups is 1. The quantitative estimate of drug-likeness (QED) is 0.555. The molecule has 2 heterocycles. The Bertz CT molecular complexity index is 775. The Morgan fingerprint density at radius 2 is 1.89 bits per heavy atom. The Kier molecular flexibility index (Phi) is 6.15. The number of rotatable bonds is 7. The normalized spacial score (nSPS) is 15.0. The first-order valence-corrected chi connectivity index (χ1v) is 8.95. The molecule has 0 amide bonds. The van der Waals surface area contributed by atoms with Crippen molar-refractivity contribution in [3.8, 4) is 0 Å². The Morgan fingerprint density at radius 3 is 2.52 bits per heavy atom. The lowest BCUT2D eigenvalue weighted by atomic mass is 10.1. The van der Waals surface area contributed by atoms with Crippen molar-refractivity contribution >= 4 is 17.3 Å². The van der Waals surface area contributed by atoms with Crippen LogP contribution in [0.15, 0.2) is 30.6 Å². The fourth-order valence-corrected chi connectivity index (χ4v) is 3.11. The van der Waals surface area contributed by atoms with E-state index in [-0.39, 0.29) is 18.1 Å². The van der Waals surface area contributed by atoms with Gasteiger partial charge in [0.15, 0.2) is 0 Å². The lowest BCUT2D eigenvalue weighted by molar-refractivity contribution is -0.383. The van der Waals surface area contributed by atoms with E-state index in [0.717, 1.165) is 24.2 Å². The second-order valence-electron chi connectivity index (χ2n) is 6.54. The van der Waals surface area contributed by atoms with Crippen LogP contribution in [0.4, 0.5) is 17.3 Å². The molecule has 2 N–H and O–H groups in total. The fraction of sp³-hybridized carbons (Fsp3) is 0.444. The molecule has 3 rings (SSSR count). The predicted octanol–water partition coefficient (Wildman–Crippen LogP) is 1.42. The fourth-order valence-electron chi connectivity index (χ4n) is 3.11. The number of hydrogen-bond donors (Lipinski definition) is 2. The zero-order valence-electron chi connectivity index (χ0n) is 15.3. The second-order valence-corrected chi connectivity index (χ2v) is 6.54. The van der Waals surface area contributed by atoms with Crippen molar-refractivity contribution in [2.45, 2.75) is 13.5 Å². The van der Waals surface area contributed by atoms with Gasteiger partial charge in [0.2, 0.25) is 11.6 Å². The molecule has 144 valence electrons. The Balaban J connectivity index is 1.76. The minimum absolute atomic E-state index is 0.0970. The Labute approximate surface area is 157 Å². The van der Waals surface area contributed by atoms with Gasteiger partial charge in [0.25, 0.3) is 0 Å². The van der Waals surface area contributed by atoms with Crippen LogP contribution in [0, 0.1) is 17.0 Å². The molecule has 1 saturated heterocycles. The summed E-state index contributed by atoms with van der Waals surface area (Å²) in [5, 5.41) is 23.8. The maximum atomic E-state index is 11.7. The maximum absolute atomic E-state index is 11.7. The summed E-state index contributed by atoms with van der Waals surface area (Å²) < 4.78 is 0. The zero-order chi connectivity index (χ0) is 19.2. The standard InChI is InChI=1S/C18H24N6O3/c1-14-2-4-15(5-3-14)12-19-17-16(24(26)27)18(21-13-20-17)23-8-6-22(7-9-23)10-11-25/h2-5,13,25H,6-12H2,1H3,(H,19,20,21). The second kappa shape index (κ2) is 8.74. The number of β-amino-alcohol motifs (C(OH)–C–C–N with tert-alkyl or cyclic N) is 1. The number of aromatic nitrogens is 2. The Morgan fingerprint density at radius 1 is 1.19 bits per heavy atom. The minimum atomic E-state index is -0.424. The van der Waals surface area contributed by atoms with E-state index >= 15 is 0 Å². The van der Waals surface area contributed by atoms with E-state index in [0.29, 0.717) is 32.0 Å². The van der Waals surface area contributed by atoms with Gasteiger partial charge in [-0.15, -0.1) is 0 Å². The number of aliphatic hydroxyl groups is 1. The predicted molar refractivity (Wildman–Crippen MR) is 103 cm³/mol. The van der Waals surface area contributed by atoms with Gasteiger partial charge in [0.1, 0.15) is 6.33 Å². The zero-order valence-corrected chi connectivity index (χ0v) is 15.3. The lowest BCUT2D eigenvalue weighted by Gasteiger charge is -2.34. The minimum Gasteiger partial charge on any atom is -0.395 e. The van der Waals surface area contributed by atoms with Gasteiger partial charge in [0, 0.05) is 39.3 Å². The molecule has 0 saturated carbocycles. The molecule has 9 heteroatoms. The van der Waals surface area contributed by atoms with Crippen LogP contribution in [0.3, 0.4) is 0 Å². The molecule has 2 aromatic rings. The maximum Gasteiger partial charge on any atom is 0.353 e. The molecule has 1 aromatic heterocycles. The first kappa shape index (κ1) is 19.0. The van der Waals surface area contributed by atoms with Crippen molar-refractivity contribution in [3.05, 3.63) is 51.8 Å². The van der Waals surface area contributed by atoms with Crippen LogP contribution in [-0.2, 0) is 6.54 Å². The molecule has 0 radical (unpaired) electrons. The highest BCUT2D eigenvalue weighted by Crippen LogP contribution is 2.32. The van der Waals surface area contributed by atoms with E-state index in [1.165, 1.54) is 6.33 Å². The summed E-state index contributed by atoms with van der Waals surface area (Å²) in [4.78, 5) is 23.6. The summed E-state index contributed by atoms with van der Waals surface area (Å²) in [7, 11) is 0. The molecule has 1 aliphatic rings. The van der Waals surface area contributed by atoms with Gasteiger partial charge >= 0.3 is 5.69 Å². The van der Waals surface area contributed by atoms with Crippen LogP contribution in [-0.4, -0.2) is 64.2 Å². The van der Waals surface area contributed by atoms with Crippen LogP contribution in [0.25, 0.3) is 0 Å². The molecule has 0 aliphatic carbocycles. The van der Waals surface area contributed by atoms with Gasteiger partial charge in [-0.3, -0.25) is 15.0 Å². The largest absolute Gasteiger partial charge is 0.395 e. The number of nitrogens with zero attached hydrogens (tertiary/aromatic N) is 5.